The highest BCUT2D eigenvalue weighted by Crippen LogP contribution is 2.23. The van der Waals surface area contributed by atoms with Crippen LogP contribution in [0.2, 0.25) is 5.02 Å². The number of anilines is 1. The first-order valence-electron chi connectivity index (χ1n) is 5.41. The van der Waals surface area contributed by atoms with Gasteiger partial charge in [-0.25, -0.2) is 4.79 Å². The largest absolute Gasteiger partial charge is 0.463 e. The van der Waals surface area contributed by atoms with Crippen molar-refractivity contribution in [3.05, 3.63) is 40.6 Å². The van der Waals surface area contributed by atoms with Gasteiger partial charge in [-0.2, -0.15) is 0 Å². The lowest BCUT2D eigenvalue weighted by Crippen LogP contribution is -2.05. The highest BCUT2D eigenvalue weighted by Gasteiger charge is 2.03. The third-order valence-electron chi connectivity index (χ3n) is 2.22. The second-order valence-electron chi connectivity index (χ2n) is 3.62. The zero-order valence-electron chi connectivity index (χ0n) is 10.2. The molecule has 0 aliphatic carbocycles. The third kappa shape index (κ3) is 4.11. The van der Waals surface area contributed by atoms with Crippen LogP contribution in [-0.2, 0) is 9.53 Å². The fraction of sp³-hybridized carbons (Fsp3) is 0.308. The summed E-state index contributed by atoms with van der Waals surface area (Å²) >= 11 is 6.00. The summed E-state index contributed by atoms with van der Waals surface area (Å²) in [5.41, 5.74) is 2.55. The van der Waals surface area contributed by atoms with Gasteiger partial charge in [0.1, 0.15) is 0 Å². The summed E-state index contributed by atoms with van der Waals surface area (Å²) in [5, 5.41) is 3.81. The second kappa shape index (κ2) is 6.30. The van der Waals surface area contributed by atoms with E-state index in [2.05, 4.69) is 5.32 Å². The van der Waals surface area contributed by atoms with E-state index in [0.29, 0.717) is 17.3 Å². The molecule has 0 aliphatic rings. The average Bonchev–Trinajstić information content (AvgIpc) is 2.25. The molecule has 0 bridgehead atoms. The molecule has 3 nitrogen and oxygen atoms in total. The molecule has 4 heteroatoms. The SMILES string of the molecule is CCOC(=O)/C=C(\C)Nc1cccc(Cl)c1C. The van der Waals surface area contributed by atoms with Gasteiger partial charge in [-0.15, -0.1) is 0 Å². The van der Waals surface area contributed by atoms with E-state index in [0.717, 1.165) is 11.3 Å². The lowest BCUT2D eigenvalue weighted by molar-refractivity contribution is -0.137. The molecule has 0 saturated carbocycles. The number of halogens is 1. The quantitative estimate of drug-likeness (QED) is 0.659. The van der Waals surface area contributed by atoms with Crippen LogP contribution in [0.3, 0.4) is 0 Å². The Kier molecular flexibility index (Phi) is 5.04. The van der Waals surface area contributed by atoms with E-state index in [1.54, 1.807) is 13.8 Å². The van der Waals surface area contributed by atoms with Crippen LogP contribution in [0, 0.1) is 6.92 Å². The predicted octanol–water partition coefficient (Wildman–Crippen LogP) is 3.53. The lowest BCUT2D eigenvalue weighted by atomic mass is 10.2. The van der Waals surface area contributed by atoms with Crippen molar-refractivity contribution >= 4 is 23.3 Å². The number of hydrogen-bond donors (Lipinski definition) is 1. The molecule has 1 N–H and O–H groups in total. The maximum Gasteiger partial charge on any atom is 0.332 e. The first-order valence-corrected chi connectivity index (χ1v) is 5.79. The Bertz CT molecular complexity index is 441. The molecule has 0 atom stereocenters. The highest BCUT2D eigenvalue weighted by atomic mass is 35.5. The Labute approximate surface area is 106 Å². The molecule has 0 radical (unpaired) electrons. The van der Waals surface area contributed by atoms with Gasteiger partial charge >= 0.3 is 5.97 Å². The molecule has 0 heterocycles. The summed E-state index contributed by atoms with van der Waals surface area (Å²) in [5.74, 6) is -0.350. The van der Waals surface area contributed by atoms with Gasteiger partial charge in [0.05, 0.1) is 6.61 Å². The van der Waals surface area contributed by atoms with Crippen LogP contribution in [0.25, 0.3) is 0 Å². The van der Waals surface area contributed by atoms with E-state index < -0.39 is 0 Å². The fourth-order valence-electron chi connectivity index (χ4n) is 1.35. The zero-order valence-corrected chi connectivity index (χ0v) is 11.0. The number of ether oxygens (including phenoxy) is 1. The molecule has 1 aromatic carbocycles. The van der Waals surface area contributed by atoms with E-state index in [1.807, 2.05) is 25.1 Å². The summed E-state index contributed by atoms with van der Waals surface area (Å²) in [6, 6.07) is 5.59. The average molecular weight is 254 g/mol. The number of esters is 1. The summed E-state index contributed by atoms with van der Waals surface area (Å²) in [6.07, 6.45) is 1.42. The smallest absolute Gasteiger partial charge is 0.332 e. The van der Waals surface area contributed by atoms with Crippen LogP contribution in [-0.4, -0.2) is 12.6 Å². The van der Waals surface area contributed by atoms with Crippen molar-refractivity contribution < 1.29 is 9.53 Å². The summed E-state index contributed by atoms with van der Waals surface area (Å²) in [6.45, 7) is 5.87. The lowest BCUT2D eigenvalue weighted by Gasteiger charge is -2.10. The second-order valence-corrected chi connectivity index (χ2v) is 4.02. The maximum atomic E-state index is 11.2. The minimum atomic E-state index is -0.350. The van der Waals surface area contributed by atoms with E-state index in [9.17, 15) is 4.79 Å². The minimum absolute atomic E-state index is 0.350. The Morgan fingerprint density at radius 2 is 2.24 bits per heavy atom. The summed E-state index contributed by atoms with van der Waals surface area (Å²) in [7, 11) is 0. The molecule has 1 aromatic rings. The maximum absolute atomic E-state index is 11.2. The Hall–Kier alpha value is -1.48. The van der Waals surface area contributed by atoms with Crippen LogP contribution in [0.15, 0.2) is 30.0 Å². The molecule has 1 rings (SSSR count). The molecular weight excluding hydrogens is 238 g/mol. The van der Waals surface area contributed by atoms with E-state index >= 15 is 0 Å². The number of allylic oxidation sites excluding steroid dienone is 1. The highest BCUT2D eigenvalue weighted by molar-refractivity contribution is 6.31. The number of nitrogens with one attached hydrogen (secondary N) is 1. The van der Waals surface area contributed by atoms with Crippen molar-refractivity contribution in [2.24, 2.45) is 0 Å². The van der Waals surface area contributed by atoms with Gasteiger partial charge in [0, 0.05) is 22.5 Å². The summed E-state index contributed by atoms with van der Waals surface area (Å²) < 4.78 is 4.82. The first-order chi connectivity index (χ1) is 8.04. The van der Waals surface area contributed by atoms with Crippen LogP contribution >= 0.6 is 11.6 Å². The van der Waals surface area contributed by atoms with Crippen molar-refractivity contribution in [1.29, 1.82) is 0 Å². The van der Waals surface area contributed by atoms with Gasteiger partial charge in [0.2, 0.25) is 0 Å². The number of hydrogen-bond acceptors (Lipinski definition) is 3. The van der Waals surface area contributed by atoms with Gasteiger partial charge in [0.15, 0.2) is 0 Å². The molecule has 0 spiro atoms. The van der Waals surface area contributed by atoms with Gasteiger partial charge in [-0.05, 0) is 38.5 Å². The van der Waals surface area contributed by atoms with Crippen LogP contribution in [0.1, 0.15) is 19.4 Å². The van der Waals surface area contributed by atoms with Gasteiger partial charge < -0.3 is 10.1 Å². The van der Waals surface area contributed by atoms with E-state index in [4.69, 9.17) is 16.3 Å². The number of carbonyl (C=O) groups excluding carboxylic acids is 1. The third-order valence-corrected chi connectivity index (χ3v) is 2.63. The summed E-state index contributed by atoms with van der Waals surface area (Å²) in [4.78, 5) is 11.2. The molecule has 0 saturated heterocycles. The van der Waals surface area contributed by atoms with Crippen LogP contribution < -0.4 is 5.32 Å². The first kappa shape index (κ1) is 13.6. The molecule has 0 aliphatic heterocycles. The molecular formula is C13H16ClNO2. The minimum Gasteiger partial charge on any atom is -0.463 e. The van der Waals surface area contributed by atoms with Crippen molar-refractivity contribution in [1.82, 2.24) is 0 Å². The number of carbonyl (C=O) groups is 1. The van der Waals surface area contributed by atoms with E-state index in [1.165, 1.54) is 6.08 Å². The zero-order chi connectivity index (χ0) is 12.8. The standard InChI is InChI=1S/C13H16ClNO2/c1-4-17-13(16)8-9(2)15-12-7-5-6-11(14)10(12)3/h5-8,15H,4H2,1-3H3/b9-8+. The number of rotatable bonds is 4. The van der Waals surface area contributed by atoms with Gasteiger partial charge in [0.25, 0.3) is 0 Å². The monoisotopic (exact) mass is 253 g/mol. The molecule has 0 amide bonds. The Balaban J connectivity index is 2.77. The van der Waals surface area contributed by atoms with Gasteiger partial charge in [-0.3, -0.25) is 0 Å². The van der Waals surface area contributed by atoms with Crippen LogP contribution in [0.5, 0.6) is 0 Å². The van der Waals surface area contributed by atoms with E-state index in [-0.39, 0.29) is 5.97 Å². The van der Waals surface area contributed by atoms with Crippen LogP contribution in [0.4, 0.5) is 5.69 Å². The number of benzene rings is 1. The Morgan fingerprint density at radius 3 is 2.88 bits per heavy atom. The van der Waals surface area contributed by atoms with Gasteiger partial charge in [-0.1, -0.05) is 17.7 Å². The molecule has 0 fully saturated rings. The molecule has 0 aromatic heterocycles. The molecule has 17 heavy (non-hydrogen) atoms. The topological polar surface area (TPSA) is 38.3 Å². The van der Waals surface area contributed by atoms with Crippen molar-refractivity contribution in [3.8, 4) is 0 Å². The fourth-order valence-corrected chi connectivity index (χ4v) is 1.53. The Morgan fingerprint density at radius 1 is 1.53 bits per heavy atom. The predicted molar refractivity (Wildman–Crippen MR) is 70.2 cm³/mol. The normalized spacial score (nSPS) is 11.2. The van der Waals surface area contributed by atoms with Crippen molar-refractivity contribution in [3.63, 3.8) is 0 Å². The molecule has 92 valence electrons. The molecule has 0 unspecified atom stereocenters. The van der Waals surface area contributed by atoms with Crippen molar-refractivity contribution in [2.45, 2.75) is 20.8 Å². The van der Waals surface area contributed by atoms with Crippen molar-refractivity contribution in [2.75, 3.05) is 11.9 Å².